The Bertz CT molecular complexity index is 1230. The lowest BCUT2D eigenvalue weighted by Gasteiger charge is -2.13. The number of anilines is 2. The summed E-state index contributed by atoms with van der Waals surface area (Å²) in [7, 11) is 1.35. The Labute approximate surface area is 181 Å². The van der Waals surface area contributed by atoms with E-state index in [1.54, 1.807) is 18.5 Å². The van der Waals surface area contributed by atoms with Crippen LogP contribution in [0.25, 0.3) is 16.9 Å². The smallest absolute Gasteiger partial charge is 0.276 e. The maximum absolute atomic E-state index is 13.4. The molecule has 2 N–H and O–H groups in total. The number of carbonyl (C=O) groups is 1. The molecule has 10 heteroatoms. The summed E-state index contributed by atoms with van der Waals surface area (Å²) < 4.78 is 15.2. The molecular weight excluding hydrogens is 423 g/mol. The SMILES string of the molecule is CONC(=O)c1cncc(-c2cnc(Nc3ccc(F)c(Cl)c3)nc2-n2cccc2)c1. The monoisotopic (exact) mass is 438 g/mol. The van der Waals surface area contributed by atoms with Crippen molar-refractivity contribution in [2.75, 3.05) is 12.4 Å². The van der Waals surface area contributed by atoms with Gasteiger partial charge in [0.1, 0.15) is 11.6 Å². The quantitative estimate of drug-likeness (QED) is 0.439. The Hall–Kier alpha value is -3.82. The first-order valence-electron chi connectivity index (χ1n) is 9.06. The first-order chi connectivity index (χ1) is 15.0. The lowest BCUT2D eigenvalue weighted by Crippen LogP contribution is -2.21. The lowest BCUT2D eigenvalue weighted by molar-refractivity contribution is 0.0537. The van der Waals surface area contributed by atoms with Crippen LogP contribution in [0.3, 0.4) is 0 Å². The zero-order valence-corrected chi connectivity index (χ0v) is 17.0. The fourth-order valence-electron chi connectivity index (χ4n) is 2.88. The number of hydroxylamine groups is 1. The van der Waals surface area contributed by atoms with Crippen molar-refractivity contribution in [3.8, 4) is 16.9 Å². The molecule has 0 unspecified atom stereocenters. The second-order valence-electron chi connectivity index (χ2n) is 6.37. The van der Waals surface area contributed by atoms with Crippen molar-refractivity contribution in [1.29, 1.82) is 0 Å². The van der Waals surface area contributed by atoms with Gasteiger partial charge in [-0.15, -0.1) is 0 Å². The summed E-state index contributed by atoms with van der Waals surface area (Å²) in [6, 6.07) is 9.63. The second kappa shape index (κ2) is 8.90. The summed E-state index contributed by atoms with van der Waals surface area (Å²) in [5.41, 5.74) is 4.42. The Balaban J connectivity index is 1.74. The minimum absolute atomic E-state index is 0.00974. The summed E-state index contributed by atoms with van der Waals surface area (Å²) >= 11 is 5.85. The maximum Gasteiger partial charge on any atom is 0.276 e. The van der Waals surface area contributed by atoms with E-state index in [-0.39, 0.29) is 11.0 Å². The third kappa shape index (κ3) is 4.52. The molecule has 0 saturated carbocycles. The molecule has 0 aliphatic heterocycles. The Morgan fingerprint density at radius 2 is 1.97 bits per heavy atom. The van der Waals surface area contributed by atoms with Gasteiger partial charge < -0.3 is 9.88 Å². The predicted molar refractivity (Wildman–Crippen MR) is 114 cm³/mol. The number of aromatic nitrogens is 4. The molecule has 0 atom stereocenters. The van der Waals surface area contributed by atoms with Crippen molar-refractivity contribution >= 4 is 29.1 Å². The number of nitrogens with zero attached hydrogens (tertiary/aromatic N) is 4. The molecule has 156 valence electrons. The highest BCUT2D eigenvalue weighted by Crippen LogP contribution is 2.27. The number of carbonyl (C=O) groups excluding carboxylic acids is 1. The molecule has 0 bridgehead atoms. The molecule has 4 rings (SSSR count). The number of rotatable bonds is 6. The third-order valence-electron chi connectivity index (χ3n) is 4.30. The van der Waals surface area contributed by atoms with Crippen LogP contribution in [0, 0.1) is 5.82 Å². The summed E-state index contributed by atoms with van der Waals surface area (Å²) in [5, 5.41) is 3.01. The van der Waals surface area contributed by atoms with E-state index in [2.05, 4.69) is 30.6 Å². The van der Waals surface area contributed by atoms with Gasteiger partial charge in [-0.05, 0) is 36.4 Å². The fraction of sp³-hybridized carbons (Fsp3) is 0.0476. The van der Waals surface area contributed by atoms with E-state index in [0.29, 0.717) is 28.2 Å². The van der Waals surface area contributed by atoms with Crippen LogP contribution in [0.4, 0.5) is 16.0 Å². The van der Waals surface area contributed by atoms with Gasteiger partial charge >= 0.3 is 0 Å². The zero-order chi connectivity index (χ0) is 21.8. The largest absolute Gasteiger partial charge is 0.324 e. The molecule has 0 aliphatic carbocycles. The highest BCUT2D eigenvalue weighted by molar-refractivity contribution is 6.31. The number of nitrogens with one attached hydrogen (secondary N) is 2. The minimum atomic E-state index is -0.513. The van der Waals surface area contributed by atoms with E-state index < -0.39 is 11.7 Å². The van der Waals surface area contributed by atoms with Gasteiger partial charge in [0.2, 0.25) is 5.95 Å². The van der Waals surface area contributed by atoms with Crippen molar-refractivity contribution < 1.29 is 14.0 Å². The highest BCUT2D eigenvalue weighted by Gasteiger charge is 2.14. The molecule has 3 aromatic heterocycles. The summed E-state index contributed by atoms with van der Waals surface area (Å²) in [6.07, 6.45) is 8.33. The van der Waals surface area contributed by atoms with Crippen LogP contribution in [0.5, 0.6) is 0 Å². The first kappa shape index (κ1) is 20.5. The van der Waals surface area contributed by atoms with Gasteiger partial charge in [-0.1, -0.05) is 11.6 Å². The average Bonchev–Trinajstić information content (AvgIpc) is 3.31. The van der Waals surface area contributed by atoms with Crippen molar-refractivity contribution in [3.63, 3.8) is 0 Å². The van der Waals surface area contributed by atoms with E-state index in [0.717, 1.165) is 0 Å². The number of amides is 1. The van der Waals surface area contributed by atoms with Crippen molar-refractivity contribution in [2.45, 2.75) is 0 Å². The molecule has 0 radical (unpaired) electrons. The van der Waals surface area contributed by atoms with Crippen molar-refractivity contribution in [3.05, 3.63) is 83.8 Å². The summed E-state index contributed by atoms with van der Waals surface area (Å²) in [4.78, 5) is 29.9. The molecule has 31 heavy (non-hydrogen) atoms. The van der Waals surface area contributed by atoms with Crippen LogP contribution < -0.4 is 10.8 Å². The molecule has 8 nitrogen and oxygen atoms in total. The molecule has 0 spiro atoms. The minimum Gasteiger partial charge on any atom is -0.324 e. The number of hydrogen-bond donors (Lipinski definition) is 2. The highest BCUT2D eigenvalue weighted by atomic mass is 35.5. The van der Waals surface area contributed by atoms with Crippen LogP contribution in [0.1, 0.15) is 10.4 Å². The molecule has 1 amide bonds. The average molecular weight is 439 g/mol. The Morgan fingerprint density at radius 1 is 1.16 bits per heavy atom. The van der Waals surface area contributed by atoms with Crippen molar-refractivity contribution in [2.24, 2.45) is 0 Å². The molecule has 3 heterocycles. The predicted octanol–water partition coefficient (Wildman–Crippen LogP) is 4.16. The Kier molecular flexibility index (Phi) is 5.87. The van der Waals surface area contributed by atoms with Gasteiger partial charge in [0.25, 0.3) is 5.91 Å². The molecule has 0 fully saturated rings. The molecule has 4 aromatic rings. The van der Waals surface area contributed by atoms with Crippen LogP contribution in [-0.4, -0.2) is 32.5 Å². The molecule has 1 aromatic carbocycles. The number of pyridine rings is 1. The summed E-state index contributed by atoms with van der Waals surface area (Å²) in [5.74, 6) is -0.0914. The number of benzene rings is 1. The van der Waals surface area contributed by atoms with E-state index >= 15 is 0 Å². The number of hydrogen-bond acceptors (Lipinski definition) is 6. The van der Waals surface area contributed by atoms with Gasteiger partial charge in [-0.25, -0.2) is 14.9 Å². The molecule has 0 saturated heterocycles. The zero-order valence-electron chi connectivity index (χ0n) is 16.2. The van der Waals surface area contributed by atoms with Crippen LogP contribution >= 0.6 is 11.6 Å². The van der Waals surface area contributed by atoms with E-state index in [1.165, 1.54) is 31.5 Å². The van der Waals surface area contributed by atoms with Gasteiger partial charge in [0.05, 0.1) is 17.7 Å². The van der Waals surface area contributed by atoms with Crippen LogP contribution in [-0.2, 0) is 4.84 Å². The van der Waals surface area contributed by atoms with Crippen LogP contribution in [0.15, 0.2) is 67.4 Å². The third-order valence-corrected chi connectivity index (χ3v) is 4.59. The van der Waals surface area contributed by atoms with Gasteiger partial charge in [-0.2, -0.15) is 4.98 Å². The van der Waals surface area contributed by atoms with Gasteiger partial charge in [-0.3, -0.25) is 14.6 Å². The van der Waals surface area contributed by atoms with Crippen LogP contribution in [0.2, 0.25) is 5.02 Å². The number of halogens is 2. The lowest BCUT2D eigenvalue weighted by atomic mass is 10.1. The molecule has 0 aliphatic rings. The van der Waals surface area contributed by atoms with Gasteiger partial charge in [0.15, 0.2) is 0 Å². The standard InChI is InChI=1S/C21H16ClFN6O2/c1-31-28-20(30)14-8-13(10-24-11-14)16-12-25-21(27-19(16)29-6-2-3-7-29)26-15-4-5-18(23)17(22)9-15/h2-12H,1H3,(H,28,30)(H,25,26,27). The van der Waals surface area contributed by atoms with Gasteiger partial charge in [0, 0.05) is 47.8 Å². The maximum atomic E-state index is 13.4. The fourth-order valence-corrected chi connectivity index (χ4v) is 3.06. The topological polar surface area (TPSA) is 94.0 Å². The molecular formula is C21H16ClFN6O2. The Morgan fingerprint density at radius 3 is 2.71 bits per heavy atom. The summed E-state index contributed by atoms with van der Waals surface area (Å²) in [6.45, 7) is 0. The normalized spacial score (nSPS) is 10.7. The van der Waals surface area contributed by atoms with E-state index in [9.17, 15) is 9.18 Å². The van der Waals surface area contributed by atoms with E-state index in [4.69, 9.17) is 11.6 Å². The second-order valence-corrected chi connectivity index (χ2v) is 6.78. The van der Waals surface area contributed by atoms with Crippen molar-refractivity contribution in [1.82, 2.24) is 25.0 Å². The first-order valence-corrected chi connectivity index (χ1v) is 9.44. The van der Waals surface area contributed by atoms with E-state index in [1.807, 2.05) is 29.1 Å².